The lowest BCUT2D eigenvalue weighted by Gasteiger charge is -2.34. The Bertz CT molecular complexity index is 1820. The number of halogens is 1. The van der Waals surface area contributed by atoms with Crippen LogP contribution in [0.4, 0.5) is 21.7 Å². The Morgan fingerprint density at radius 2 is 1.85 bits per heavy atom. The Morgan fingerprint density at radius 3 is 2.61 bits per heavy atom. The van der Waals surface area contributed by atoms with Crippen LogP contribution in [0.15, 0.2) is 49.3 Å². The number of alkyl halides is 1. The Morgan fingerprint density at radius 1 is 1.02 bits per heavy atom. The summed E-state index contributed by atoms with van der Waals surface area (Å²) in [4.78, 5) is 18.0. The van der Waals surface area contributed by atoms with Crippen molar-refractivity contribution in [3.8, 4) is 23.2 Å². The monoisotopic (exact) mass is 647 g/mol. The molecule has 0 atom stereocenters. The largest absolute Gasteiger partial charge is 0.370 e. The molecule has 1 aliphatic carbocycles. The van der Waals surface area contributed by atoms with Gasteiger partial charge in [0.25, 0.3) is 10.0 Å². The fraction of sp³-hybridized carbons (Fsp3) is 0.452. The van der Waals surface area contributed by atoms with Crippen molar-refractivity contribution in [1.82, 2.24) is 44.1 Å². The first-order chi connectivity index (χ1) is 22.3. The zero-order chi connectivity index (χ0) is 32.1. The fourth-order valence-corrected chi connectivity index (χ4v) is 6.70. The number of rotatable bonds is 12. The quantitative estimate of drug-likeness (QED) is 0.219. The first-order valence-electron chi connectivity index (χ1n) is 15.4. The van der Waals surface area contributed by atoms with Gasteiger partial charge < -0.3 is 20.4 Å². The minimum absolute atomic E-state index is 0.275. The third kappa shape index (κ3) is 7.69. The van der Waals surface area contributed by atoms with E-state index in [1.807, 2.05) is 31.0 Å². The number of nitrogens with one attached hydrogen (secondary N) is 2. The summed E-state index contributed by atoms with van der Waals surface area (Å²) < 4.78 is 40.8. The number of hydrogen-bond acceptors (Lipinski definition) is 11. The van der Waals surface area contributed by atoms with Crippen LogP contribution in [-0.2, 0) is 16.6 Å². The van der Waals surface area contributed by atoms with Crippen LogP contribution in [0.2, 0.25) is 0 Å². The van der Waals surface area contributed by atoms with Crippen molar-refractivity contribution in [2.75, 3.05) is 57.2 Å². The minimum Gasteiger partial charge on any atom is -0.370 e. The third-order valence-corrected chi connectivity index (χ3v) is 9.97. The summed E-state index contributed by atoms with van der Waals surface area (Å²) in [6, 6.07) is 3.96. The highest BCUT2D eigenvalue weighted by atomic mass is 32.2. The van der Waals surface area contributed by atoms with Crippen molar-refractivity contribution in [2.24, 2.45) is 0 Å². The van der Waals surface area contributed by atoms with Crippen LogP contribution >= 0.6 is 0 Å². The molecule has 0 bridgehead atoms. The first-order valence-corrected chi connectivity index (χ1v) is 16.9. The van der Waals surface area contributed by atoms with E-state index in [0.29, 0.717) is 42.4 Å². The van der Waals surface area contributed by atoms with Crippen molar-refractivity contribution < 1.29 is 12.8 Å². The second-order valence-corrected chi connectivity index (χ2v) is 13.8. The predicted octanol–water partition coefficient (Wildman–Crippen LogP) is 2.50. The van der Waals surface area contributed by atoms with Gasteiger partial charge in [0.05, 0.1) is 52.8 Å². The molecule has 2 aliphatic rings. The van der Waals surface area contributed by atoms with Crippen LogP contribution in [0.5, 0.6) is 0 Å². The van der Waals surface area contributed by atoms with E-state index >= 15 is 0 Å². The fourth-order valence-electron chi connectivity index (χ4n) is 5.22. The molecule has 6 rings (SSSR count). The van der Waals surface area contributed by atoms with E-state index in [2.05, 4.69) is 57.4 Å². The number of hydrogen-bond donors (Lipinski definition) is 2. The Kier molecular flexibility index (Phi) is 9.57. The molecule has 13 nitrogen and oxygen atoms in total. The van der Waals surface area contributed by atoms with Gasteiger partial charge in [-0.2, -0.15) is 14.3 Å². The van der Waals surface area contributed by atoms with E-state index in [-0.39, 0.29) is 18.0 Å². The van der Waals surface area contributed by atoms with Gasteiger partial charge >= 0.3 is 0 Å². The van der Waals surface area contributed by atoms with Crippen molar-refractivity contribution in [1.29, 1.82) is 0 Å². The van der Waals surface area contributed by atoms with Gasteiger partial charge in [-0.15, -0.1) is 0 Å². The second-order valence-electron chi connectivity index (χ2n) is 11.8. The molecule has 4 aromatic heterocycles. The highest BCUT2D eigenvalue weighted by Crippen LogP contribution is 2.31. The Balaban J connectivity index is 1.22. The minimum atomic E-state index is -3.49. The highest BCUT2D eigenvalue weighted by Gasteiger charge is 2.37. The molecule has 46 heavy (non-hydrogen) atoms. The number of pyridine rings is 1. The van der Waals surface area contributed by atoms with Gasteiger partial charge in [0.1, 0.15) is 18.3 Å². The Labute approximate surface area is 268 Å². The maximum atomic E-state index is 12.7. The number of nitrogens with zero attached hydrogens (tertiary/aromatic N) is 9. The van der Waals surface area contributed by atoms with Crippen LogP contribution in [0, 0.1) is 11.8 Å². The molecule has 0 spiro atoms. The number of aromatic nitrogens is 7. The van der Waals surface area contributed by atoms with Gasteiger partial charge in [-0.3, -0.25) is 4.68 Å². The zero-order valence-corrected chi connectivity index (χ0v) is 26.8. The lowest BCUT2D eigenvalue weighted by molar-refractivity contribution is 0.373. The molecule has 242 valence electrons. The van der Waals surface area contributed by atoms with E-state index in [9.17, 15) is 12.8 Å². The van der Waals surface area contributed by atoms with Gasteiger partial charge in [-0.1, -0.05) is 11.8 Å². The average molecular weight is 648 g/mol. The van der Waals surface area contributed by atoms with Crippen molar-refractivity contribution in [3.63, 3.8) is 0 Å². The first kappa shape index (κ1) is 31.6. The van der Waals surface area contributed by atoms with E-state index in [1.54, 1.807) is 24.7 Å². The lowest BCUT2D eigenvalue weighted by Crippen LogP contribution is -2.43. The standard InChI is InChI=1S/C31H38FN11O2S/c1-40(2)15-16-42-21-23(18-36-42)3-4-24-19-35-30(17-28(24)41-13-8-26(9-14-41)33-12-10-32)38-29-7-11-34-31(39-29)25-20-37-43(22-25)46(44,45)27-5-6-27/h7,11,17-22,26-27,33H,5-6,8-10,12-16H2,1-2H3,(H,34,35,38,39). The van der Waals surface area contributed by atoms with E-state index in [4.69, 9.17) is 0 Å². The average Bonchev–Trinajstić information content (AvgIpc) is 3.63. The smallest absolute Gasteiger partial charge is 0.256 e. The van der Waals surface area contributed by atoms with Gasteiger partial charge in [0, 0.05) is 56.9 Å². The van der Waals surface area contributed by atoms with Crippen molar-refractivity contribution >= 4 is 27.3 Å². The van der Waals surface area contributed by atoms with Gasteiger partial charge in [0.15, 0.2) is 5.82 Å². The maximum absolute atomic E-state index is 12.7. The summed E-state index contributed by atoms with van der Waals surface area (Å²) in [5.41, 5.74) is 3.05. The molecule has 1 saturated carbocycles. The highest BCUT2D eigenvalue weighted by molar-refractivity contribution is 7.90. The number of piperidine rings is 1. The molecule has 4 aromatic rings. The zero-order valence-electron chi connectivity index (χ0n) is 26.0. The number of anilines is 3. The third-order valence-electron chi connectivity index (χ3n) is 7.93. The summed E-state index contributed by atoms with van der Waals surface area (Å²) in [6.45, 7) is 3.22. The number of likely N-dealkylation sites (N-methyl/N-ethyl adjacent to an activating group) is 1. The topological polar surface area (TPSA) is 139 Å². The molecular formula is C31H38FN11O2S. The van der Waals surface area contributed by atoms with Crippen molar-refractivity contribution in [3.05, 3.63) is 60.4 Å². The molecule has 1 saturated heterocycles. The SMILES string of the molecule is CN(C)CCn1cc(C#Cc2cnc(Nc3ccnc(-c4cnn(S(=O)(=O)C5CC5)c4)n3)cc2N2CCC(NCCF)CC2)cn1. The molecule has 0 amide bonds. The molecule has 2 fully saturated rings. The van der Waals surface area contributed by atoms with Crippen LogP contribution in [-0.4, -0.2) is 105 Å². The van der Waals surface area contributed by atoms with Crippen LogP contribution < -0.4 is 15.5 Å². The van der Waals surface area contributed by atoms with Gasteiger partial charge in [0.2, 0.25) is 0 Å². The second kappa shape index (κ2) is 13.9. The predicted molar refractivity (Wildman–Crippen MR) is 174 cm³/mol. The summed E-state index contributed by atoms with van der Waals surface area (Å²) in [7, 11) is 0.571. The molecular weight excluding hydrogens is 609 g/mol. The molecule has 0 radical (unpaired) electrons. The van der Waals surface area contributed by atoms with Crippen molar-refractivity contribution in [2.45, 2.75) is 43.5 Å². The summed E-state index contributed by atoms with van der Waals surface area (Å²) in [5, 5.41) is 14.7. The molecule has 15 heteroatoms. The normalized spacial score (nSPS) is 15.6. The molecule has 5 heterocycles. The van der Waals surface area contributed by atoms with Crippen LogP contribution in [0.1, 0.15) is 36.8 Å². The molecule has 0 aromatic carbocycles. The maximum Gasteiger partial charge on any atom is 0.256 e. The van der Waals surface area contributed by atoms with Gasteiger partial charge in [-0.05, 0) is 45.8 Å². The summed E-state index contributed by atoms with van der Waals surface area (Å²) in [6.07, 6.45) is 13.1. The van der Waals surface area contributed by atoms with E-state index < -0.39 is 10.0 Å². The lowest BCUT2D eigenvalue weighted by atomic mass is 10.0. The van der Waals surface area contributed by atoms with Gasteiger partial charge in [-0.25, -0.2) is 27.8 Å². The molecule has 2 N–H and O–H groups in total. The van der Waals surface area contributed by atoms with E-state index in [0.717, 1.165) is 59.9 Å². The Hall–Kier alpha value is -4.39. The van der Waals surface area contributed by atoms with Crippen LogP contribution in [0.3, 0.4) is 0 Å². The molecule has 1 aliphatic heterocycles. The van der Waals surface area contributed by atoms with Crippen LogP contribution in [0.25, 0.3) is 11.4 Å². The summed E-state index contributed by atoms with van der Waals surface area (Å²) >= 11 is 0. The summed E-state index contributed by atoms with van der Waals surface area (Å²) in [5.74, 6) is 7.97. The van der Waals surface area contributed by atoms with E-state index in [1.165, 1.54) is 12.4 Å². The molecule has 0 unspecified atom stereocenters.